The highest BCUT2D eigenvalue weighted by Gasteiger charge is 2.23. The van der Waals surface area contributed by atoms with Crippen LogP contribution in [0.15, 0.2) is 54.6 Å². The number of aryl methyl sites for hydroxylation is 1. The number of hydrogen-bond donors (Lipinski definition) is 2. The number of carbonyl (C=O) groups is 2. The number of rotatable bonds is 9. The topological polar surface area (TPSA) is 73.9 Å². The Morgan fingerprint density at radius 3 is 2.41 bits per heavy atom. The van der Waals surface area contributed by atoms with Crippen LogP contribution in [-0.4, -0.2) is 68.2 Å². The normalized spacial score (nSPS) is 15.1. The molecule has 1 fully saturated rings. The van der Waals surface area contributed by atoms with E-state index in [1.165, 1.54) is 11.1 Å². The SMILES string of the molecule is Cc1ccc(C(CNC(=O)NCCC(=O)N(C)Cc2ccccc2)N2CCOCC2)cc1. The van der Waals surface area contributed by atoms with Crippen LogP contribution >= 0.6 is 0 Å². The molecule has 1 saturated heterocycles. The molecule has 1 unspecified atom stereocenters. The average molecular weight is 439 g/mol. The number of morpholine rings is 1. The fourth-order valence-electron chi connectivity index (χ4n) is 3.81. The Balaban J connectivity index is 1.44. The summed E-state index contributed by atoms with van der Waals surface area (Å²) in [6.07, 6.45) is 0.265. The van der Waals surface area contributed by atoms with Gasteiger partial charge in [0.25, 0.3) is 0 Å². The zero-order chi connectivity index (χ0) is 22.8. The molecule has 0 aromatic heterocycles. The lowest BCUT2D eigenvalue weighted by Crippen LogP contribution is -2.46. The first-order valence-corrected chi connectivity index (χ1v) is 11.2. The molecule has 2 aromatic carbocycles. The van der Waals surface area contributed by atoms with Crippen molar-refractivity contribution in [2.24, 2.45) is 0 Å². The number of benzene rings is 2. The van der Waals surface area contributed by atoms with E-state index in [0.717, 1.165) is 18.7 Å². The molecule has 1 aliphatic rings. The van der Waals surface area contributed by atoms with Crippen LogP contribution in [0.4, 0.5) is 4.79 Å². The number of hydrogen-bond acceptors (Lipinski definition) is 4. The van der Waals surface area contributed by atoms with Gasteiger partial charge in [-0.1, -0.05) is 60.2 Å². The smallest absolute Gasteiger partial charge is 0.314 e. The van der Waals surface area contributed by atoms with E-state index in [2.05, 4.69) is 46.7 Å². The molecule has 3 rings (SSSR count). The lowest BCUT2D eigenvalue weighted by atomic mass is 10.0. The summed E-state index contributed by atoms with van der Waals surface area (Å²) in [6.45, 7) is 6.50. The Bertz CT molecular complexity index is 851. The largest absolute Gasteiger partial charge is 0.379 e. The molecule has 2 aromatic rings. The molecule has 32 heavy (non-hydrogen) atoms. The second kappa shape index (κ2) is 12.2. The molecule has 0 spiro atoms. The Kier molecular flexibility index (Phi) is 9.07. The van der Waals surface area contributed by atoms with Gasteiger partial charge in [0, 0.05) is 46.2 Å². The van der Waals surface area contributed by atoms with Crippen molar-refractivity contribution in [3.63, 3.8) is 0 Å². The molecule has 3 amide bonds. The average Bonchev–Trinajstić information content (AvgIpc) is 2.81. The van der Waals surface area contributed by atoms with Crippen molar-refractivity contribution in [2.45, 2.75) is 25.9 Å². The lowest BCUT2D eigenvalue weighted by molar-refractivity contribution is -0.130. The van der Waals surface area contributed by atoms with Gasteiger partial charge in [0.15, 0.2) is 0 Å². The molecule has 7 nitrogen and oxygen atoms in total. The first kappa shape index (κ1) is 23.8. The standard InChI is InChI=1S/C25H34N4O3/c1-20-8-10-22(11-9-20)23(29-14-16-32-17-15-29)18-27-25(31)26-13-12-24(30)28(2)19-21-6-4-3-5-7-21/h3-11,23H,12-19H2,1-2H3,(H2,26,27,31). The van der Waals surface area contributed by atoms with Crippen LogP contribution in [0.3, 0.4) is 0 Å². The maximum Gasteiger partial charge on any atom is 0.314 e. The Hall–Kier alpha value is -2.90. The molecule has 1 heterocycles. The monoisotopic (exact) mass is 438 g/mol. The van der Waals surface area contributed by atoms with Crippen molar-refractivity contribution in [1.82, 2.24) is 20.4 Å². The quantitative estimate of drug-likeness (QED) is 0.631. The minimum Gasteiger partial charge on any atom is -0.379 e. The molecule has 7 heteroatoms. The maximum atomic E-state index is 12.4. The highest BCUT2D eigenvalue weighted by Crippen LogP contribution is 2.21. The van der Waals surface area contributed by atoms with Gasteiger partial charge >= 0.3 is 6.03 Å². The number of carbonyl (C=O) groups excluding carboxylic acids is 2. The van der Waals surface area contributed by atoms with E-state index >= 15 is 0 Å². The summed E-state index contributed by atoms with van der Waals surface area (Å²) in [5, 5.41) is 5.79. The molecule has 1 aliphatic heterocycles. The highest BCUT2D eigenvalue weighted by molar-refractivity contribution is 5.78. The van der Waals surface area contributed by atoms with Crippen LogP contribution in [0.1, 0.15) is 29.2 Å². The first-order valence-electron chi connectivity index (χ1n) is 11.2. The summed E-state index contributed by atoms with van der Waals surface area (Å²) in [5.74, 6) is 0.00000158. The van der Waals surface area contributed by atoms with E-state index in [1.807, 2.05) is 30.3 Å². The van der Waals surface area contributed by atoms with Crippen LogP contribution in [0.5, 0.6) is 0 Å². The summed E-state index contributed by atoms with van der Waals surface area (Å²) in [5.41, 5.74) is 3.47. The van der Waals surface area contributed by atoms with E-state index in [0.29, 0.717) is 32.8 Å². The fraction of sp³-hybridized carbons (Fsp3) is 0.440. The Labute approximate surface area is 190 Å². The van der Waals surface area contributed by atoms with Crippen LogP contribution in [0.25, 0.3) is 0 Å². The van der Waals surface area contributed by atoms with Crippen molar-refractivity contribution < 1.29 is 14.3 Å². The van der Waals surface area contributed by atoms with Crippen LogP contribution < -0.4 is 10.6 Å². The number of ether oxygens (including phenoxy) is 1. The van der Waals surface area contributed by atoms with Gasteiger partial charge in [0.2, 0.25) is 5.91 Å². The summed E-state index contributed by atoms with van der Waals surface area (Å²) >= 11 is 0. The van der Waals surface area contributed by atoms with E-state index in [1.54, 1.807) is 11.9 Å². The van der Waals surface area contributed by atoms with Crippen molar-refractivity contribution in [3.05, 3.63) is 71.3 Å². The highest BCUT2D eigenvalue weighted by atomic mass is 16.5. The second-order valence-electron chi connectivity index (χ2n) is 8.20. The predicted octanol–water partition coefficient (Wildman–Crippen LogP) is 2.72. The third-order valence-corrected chi connectivity index (χ3v) is 5.72. The van der Waals surface area contributed by atoms with E-state index < -0.39 is 0 Å². The molecule has 0 saturated carbocycles. The zero-order valence-electron chi connectivity index (χ0n) is 19.0. The summed E-state index contributed by atoms with van der Waals surface area (Å²) < 4.78 is 5.49. The third-order valence-electron chi connectivity index (χ3n) is 5.72. The Morgan fingerprint density at radius 1 is 1.03 bits per heavy atom. The van der Waals surface area contributed by atoms with Gasteiger partial charge in [-0.15, -0.1) is 0 Å². The second-order valence-corrected chi connectivity index (χ2v) is 8.20. The summed E-state index contributed by atoms with van der Waals surface area (Å²) in [6, 6.07) is 18.1. The van der Waals surface area contributed by atoms with Gasteiger partial charge in [0.1, 0.15) is 0 Å². The summed E-state index contributed by atoms with van der Waals surface area (Å²) in [7, 11) is 1.78. The van der Waals surface area contributed by atoms with Gasteiger partial charge < -0.3 is 20.3 Å². The first-order chi connectivity index (χ1) is 15.5. The zero-order valence-corrected chi connectivity index (χ0v) is 19.0. The fourth-order valence-corrected chi connectivity index (χ4v) is 3.81. The van der Waals surface area contributed by atoms with Crippen LogP contribution in [-0.2, 0) is 16.1 Å². The number of amides is 3. The van der Waals surface area contributed by atoms with Crippen LogP contribution in [0, 0.1) is 6.92 Å². The lowest BCUT2D eigenvalue weighted by Gasteiger charge is -2.35. The number of urea groups is 1. The molecule has 0 aliphatic carbocycles. The molecular weight excluding hydrogens is 404 g/mol. The van der Waals surface area contributed by atoms with Gasteiger partial charge in [-0.25, -0.2) is 4.79 Å². The van der Waals surface area contributed by atoms with Gasteiger partial charge in [0.05, 0.1) is 19.3 Å². The predicted molar refractivity (Wildman–Crippen MR) is 125 cm³/mol. The molecular formula is C25H34N4O3. The van der Waals surface area contributed by atoms with Gasteiger partial charge in [-0.3, -0.25) is 9.69 Å². The van der Waals surface area contributed by atoms with E-state index in [9.17, 15) is 9.59 Å². The van der Waals surface area contributed by atoms with Crippen molar-refractivity contribution in [3.8, 4) is 0 Å². The Morgan fingerprint density at radius 2 is 1.72 bits per heavy atom. The van der Waals surface area contributed by atoms with Crippen molar-refractivity contribution in [1.29, 1.82) is 0 Å². The van der Waals surface area contributed by atoms with E-state index in [4.69, 9.17) is 4.74 Å². The van der Waals surface area contributed by atoms with Crippen molar-refractivity contribution in [2.75, 3.05) is 46.4 Å². The maximum absolute atomic E-state index is 12.4. The van der Waals surface area contributed by atoms with Gasteiger partial charge in [-0.2, -0.15) is 0 Å². The van der Waals surface area contributed by atoms with Crippen LogP contribution in [0.2, 0.25) is 0 Å². The molecule has 0 bridgehead atoms. The minimum absolute atomic E-state index is 0.00000158. The van der Waals surface area contributed by atoms with Crippen molar-refractivity contribution >= 4 is 11.9 Å². The number of nitrogens with zero attached hydrogens (tertiary/aromatic N) is 2. The van der Waals surface area contributed by atoms with Gasteiger partial charge in [-0.05, 0) is 18.1 Å². The molecule has 2 N–H and O–H groups in total. The number of nitrogens with one attached hydrogen (secondary N) is 2. The third kappa shape index (κ3) is 7.35. The minimum atomic E-state index is -0.256. The molecule has 172 valence electrons. The molecule has 0 radical (unpaired) electrons. The van der Waals surface area contributed by atoms with E-state index in [-0.39, 0.29) is 24.4 Å². The summed E-state index contributed by atoms with van der Waals surface area (Å²) in [4.78, 5) is 28.7. The molecule has 1 atom stereocenters.